The quantitative estimate of drug-likeness (QED) is 0.415. The normalized spacial score (nSPS) is 10.7. The Morgan fingerprint density at radius 3 is 2.88 bits per heavy atom. The molecule has 0 amide bonds. The number of hydrogen-bond donors (Lipinski definition) is 1. The molecule has 0 fully saturated rings. The lowest BCUT2D eigenvalue weighted by atomic mass is 9.95. The topological polar surface area (TPSA) is 125 Å². The molecule has 0 atom stereocenters. The van der Waals surface area contributed by atoms with Crippen LogP contribution < -0.4 is 14.9 Å². The predicted octanol–water partition coefficient (Wildman–Crippen LogP) is -0.333. The second-order valence-electron chi connectivity index (χ2n) is 4.79. The molecule has 132 valence electrons. The predicted molar refractivity (Wildman–Crippen MR) is 87.1 cm³/mol. The standard InChI is InChI=1S/C13H10BFN6O4S/c14-8-2-1-7(15)5-9(8)24-3-4-25-13-18-17-12(26-13)11-16-20-21(19-11)6-10(22)23/h1-2,5H,3-4,6H2,(H,22,23). The zero-order valence-electron chi connectivity index (χ0n) is 13.1. The van der Waals surface area contributed by atoms with Crippen molar-refractivity contribution in [2.75, 3.05) is 13.2 Å². The van der Waals surface area contributed by atoms with Crippen LogP contribution in [0.1, 0.15) is 0 Å². The Balaban J connectivity index is 1.51. The van der Waals surface area contributed by atoms with Gasteiger partial charge in [-0.25, -0.2) is 4.39 Å². The van der Waals surface area contributed by atoms with Gasteiger partial charge in [0.2, 0.25) is 5.82 Å². The molecule has 2 heterocycles. The summed E-state index contributed by atoms with van der Waals surface area (Å²) >= 11 is 1.06. The Morgan fingerprint density at radius 2 is 2.08 bits per heavy atom. The maximum Gasteiger partial charge on any atom is 0.327 e. The smallest absolute Gasteiger partial charge is 0.327 e. The average molecular weight is 376 g/mol. The lowest BCUT2D eigenvalue weighted by molar-refractivity contribution is -0.138. The molecule has 13 heteroatoms. The van der Waals surface area contributed by atoms with Gasteiger partial charge in [-0.2, -0.15) is 4.80 Å². The van der Waals surface area contributed by atoms with Crippen molar-refractivity contribution in [1.82, 2.24) is 30.4 Å². The SMILES string of the molecule is [B]c1ccc(F)cc1OCCOc1nnc(-c2nnn(CC(=O)O)n2)s1. The van der Waals surface area contributed by atoms with E-state index in [9.17, 15) is 9.18 Å². The Kier molecular flexibility index (Phi) is 5.36. The van der Waals surface area contributed by atoms with Gasteiger partial charge in [-0.3, -0.25) is 4.79 Å². The number of carboxylic acids is 1. The Morgan fingerprint density at radius 1 is 1.27 bits per heavy atom. The van der Waals surface area contributed by atoms with Crippen LogP contribution in [0.15, 0.2) is 18.2 Å². The van der Waals surface area contributed by atoms with E-state index in [0.29, 0.717) is 10.5 Å². The third-order valence-electron chi connectivity index (χ3n) is 2.87. The van der Waals surface area contributed by atoms with E-state index in [-0.39, 0.29) is 30.0 Å². The van der Waals surface area contributed by atoms with E-state index in [0.717, 1.165) is 16.1 Å². The highest BCUT2D eigenvalue weighted by molar-refractivity contribution is 7.16. The molecule has 0 unspecified atom stereocenters. The lowest BCUT2D eigenvalue weighted by Gasteiger charge is -2.09. The van der Waals surface area contributed by atoms with Crippen molar-refractivity contribution < 1.29 is 23.8 Å². The minimum atomic E-state index is -1.09. The number of ether oxygens (including phenoxy) is 2. The molecule has 0 saturated carbocycles. The van der Waals surface area contributed by atoms with E-state index in [1.807, 2.05) is 0 Å². The van der Waals surface area contributed by atoms with Crippen molar-refractivity contribution in [3.8, 4) is 21.8 Å². The van der Waals surface area contributed by atoms with Crippen LogP contribution in [0.5, 0.6) is 10.9 Å². The maximum absolute atomic E-state index is 13.1. The molecule has 2 radical (unpaired) electrons. The number of halogens is 1. The number of carbonyl (C=O) groups is 1. The van der Waals surface area contributed by atoms with Crippen LogP contribution in [0.4, 0.5) is 4.39 Å². The van der Waals surface area contributed by atoms with Gasteiger partial charge in [-0.15, -0.1) is 15.3 Å². The molecule has 26 heavy (non-hydrogen) atoms. The Hall–Kier alpha value is -3.09. The lowest BCUT2D eigenvalue weighted by Crippen LogP contribution is -2.14. The summed E-state index contributed by atoms with van der Waals surface area (Å²) in [6.07, 6.45) is 0. The van der Waals surface area contributed by atoms with Gasteiger partial charge in [0, 0.05) is 6.07 Å². The van der Waals surface area contributed by atoms with Gasteiger partial charge < -0.3 is 14.6 Å². The van der Waals surface area contributed by atoms with Crippen molar-refractivity contribution >= 4 is 30.6 Å². The first-order chi connectivity index (χ1) is 12.5. The number of rotatable bonds is 8. The summed E-state index contributed by atoms with van der Waals surface area (Å²) < 4.78 is 23.8. The highest BCUT2D eigenvalue weighted by atomic mass is 32.1. The minimum absolute atomic E-state index is 0.121. The van der Waals surface area contributed by atoms with Crippen LogP contribution in [-0.2, 0) is 11.3 Å². The summed E-state index contributed by atoms with van der Waals surface area (Å²) in [4.78, 5) is 11.5. The molecule has 0 aliphatic rings. The molecular formula is C13H10BFN6O4S. The van der Waals surface area contributed by atoms with Crippen molar-refractivity contribution in [3.63, 3.8) is 0 Å². The van der Waals surface area contributed by atoms with E-state index in [2.05, 4.69) is 25.6 Å². The first-order valence-corrected chi connectivity index (χ1v) is 7.97. The average Bonchev–Trinajstić information content (AvgIpc) is 3.23. The summed E-state index contributed by atoms with van der Waals surface area (Å²) in [6.45, 7) is -0.158. The number of benzene rings is 1. The number of nitrogens with zero attached hydrogens (tertiary/aromatic N) is 6. The molecule has 0 aliphatic carbocycles. The third kappa shape index (κ3) is 4.50. The van der Waals surface area contributed by atoms with Gasteiger partial charge in [0.1, 0.15) is 32.6 Å². The molecule has 2 aromatic heterocycles. The fourth-order valence-electron chi connectivity index (χ4n) is 1.79. The van der Waals surface area contributed by atoms with Gasteiger partial charge in [0.05, 0.1) is 0 Å². The van der Waals surface area contributed by atoms with Gasteiger partial charge in [-0.05, 0) is 11.3 Å². The molecule has 0 aliphatic heterocycles. The number of aliphatic carboxylic acids is 1. The van der Waals surface area contributed by atoms with Crippen LogP contribution in [0.3, 0.4) is 0 Å². The van der Waals surface area contributed by atoms with Crippen molar-refractivity contribution in [2.24, 2.45) is 0 Å². The van der Waals surface area contributed by atoms with E-state index in [1.54, 1.807) is 0 Å². The van der Waals surface area contributed by atoms with Crippen LogP contribution in [0.25, 0.3) is 10.8 Å². The van der Waals surface area contributed by atoms with Crippen LogP contribution in [0, 0.1) is 5.82 Å². The van der Waals surface area contributed by atoms with E-state index < -0.39 is 18.3 Å². The van der Waals surface area contributed by atoms with Crippen LogP contribution in [-0.4, -0.2) is 62.5 Å². The summed E-state index contributed by atoms with van der Waals surface area (Å²) in [5.41, 5.74) is 0.320. The molecule has 3 aromatic rings. The first-order valence-electron chi connectivity index (χ1n) is 7.15. The Bertz CT molecular complexity index is 920. The summed E-state index contributed by atoms with van der Waals surface area (Å²) in [6, 6.07) is 3.83. The number of carboxylic acid groups (broad SMARTS) is 1. The molecule has 3 rings (SSSR count). The Labute approximate surface area is 151 Å². The summed E-state index contributed by atoms with van der Waals surface area (Å²) in [5.74, 6) is -1.17. The van der Waals surface area contributed by atoms with Crippen LogP contribution in [0.2, 0.25) is 0 Å². The van der Waals surface area contributed by atoms with Crippen molar-refractivity contribution in [3.05, 3.63) is 24.0 Å². The molecule has 0 bridgehead atoms. The number of aromatic nitrogens is 6. The molecule has 0 spiro atoms. The highest BCUT2D eigenvalue weighted by Crippen LogP contribution is 2.24. The van der Waals surface area contributed by atoms with E-state index >= 15 is 0 Å². The second kappa shape index (κ2) is 7.86. The van der Waals surface area contributed by atoms with Gasteiger partial charge >= 0.3 is 5.97 Å². The summed E-state index contributed by atoms with van der Waals surface area (Å²) in [5, 5.41) is 28.1. The van der Waals surface area contributed by atoms with Gasteiger partial charge in [0.15, 0.2) is 11.6 Å². The van der Waals surface area contributed by atoms with E-state index in [1.165, 1.54) is 18.2 Å². The largest absolute Gasteiger partial charge is 0.491 e. The zero-order valence-corrected chi connectivity index (χ0v) is 13.9. The highest BCUT2D eigenvalue weighted by Gasteiger charge is 2.14. The fourth-order valence-corrected chi connectivity index (χ4v) is 2.43. The minimum Gasteiger partial charge on any atom is -0.491 e. The summed E-state index contributed by atoms with van der Waals surface area (Å²) in [7, 11) is 5.67. The van der Waals surface area contributed by atoms with E-state index in [4.69, 9.17) is 22.4 Å². The molecule has 1 aromatic carbocycles. The molecule has 1 N–H and O–H groups in total. The third-order valence-corrected chi connectivity index (χ3v) is 3.70. The van der Waals surface area contributed by atoms with Crippen molar-refractivity contribution in [1.29, 1.82) is 0 Å². The zero-order chi connectivity index (χ0) is 18.5. The number of tetrazole rings is 1. The second-order valence-corrected chi connectivity index (χ2v) is 5.73. The van der Waals surface area contributed by atoms with Gasteiger partial charge in [0.25, 0.3) is 5.19 Å². The molecule has 0 saturated heterocycles. The van der Waals surface area contributed by atoms with Crippen molar-refractivity contribution in [2.45, 2.75) is 6.54 Å². The maximum atomic E-state index is 13.1. The monoisotopic (exact) mass is 376 g/mol. The first kappa shape index (κ1) is 17.7. The van der Waals surface area contributed by atoms with Crippen LogP contribution >= 0.6 is 11.3 Å². The number of hydrogen-bond acceptors (Lipinski definition) is 9. The molecule has 10 nitrogen and oxygen atoms in total. The molecular weight excluding hydrogens is 366 g/mol. The van der Waals surface area contributed by atoms with Gasteiger partial charge in [-0.1, -0.05) is 28.0 Å². The fraction of sp³-hybridized carbons (Fsp3) is 0.231.